The Labute approximate surface area is 181 Å². The van der Waals surface area contributed by atoms with Gasteiger partial charge in [-0.25, -0.2) is 0 Å². The Kier molecular flexibility index (Phi) is 3.81. The topological polar surface area (TPSA) is 105 Å². The van der Waals surface area contributed by atoms with Crippen LogP contribution in [0.5, 0.6) is 0 Å². The Bertz CT molecular complexity index is 1680. The largest absolute Gasteiger partial charge is 0.342 e. The van der Waals surface area contributed by atoms with Crippen molar-refractivity contribution in [2.75, 3.05) is 6.54 Å². The highest BCUT2D eigenvalue weighted by Crippen LogP contribution is 2.44. The summed E-state index contributed by atoms with van der Waals surface area (Å²) in [6, 6.07) is 15.9. The summed E-state index contributed by atoms with van der Waals surface area (Å²) in [6.07, 6.45) is 0.658. The van der Waals surface area contributed by atoms with E-state index in [0.717, 1.165) is 43.6 Å². The summed E-state index contributed by atoms with van der Waals surface area (Å²) in [6.45, 7) is 1.00. The molecule has 8 nitrogen and oxygen atoms in total. The lowest BCUT2D eigenvalue weighted by molar-refractivity contribution is 0.0880. The number of hydrogen-bond donors (Lipinski definition) is 1. The molecule has 0 aliphatic carbocycles. The first-order chi connectivity index (χ1) is 15.6. The van der Waals surface area contributed by atoms with Gasteiger partial charge in [-0.3, -0.25) is 14.9 Å². The van der Waals surface area contributed by atoms with Crippen molar-refractivity contribution in [3.8, 4) is 0 Å². The molecule has 0 fully saturated rings. The first-order valence-electron chi connectivity index (χ1n) is 10.4. The fraction of sp³-hybridized carbons (Fsp3) is 0.167. The molecule has 2 aromatic heterocycles. The van der Waals surface area contributed by atoms with Gasteiger partial charge in [0, 0.05) is 57.6 Å². The number of fused-ring (bicyclic) bond motifs is 10. The minimum Gasteiger partial charge on any atom is -0.342 e. The molecule has 0 atom stereocenters. The number of aromatic nitrogens is 2. The maximum absolute atomic E-state index is 13.0. The van der Waals surface area contributed by atoms with E-state index in [1.165, 1.54) is 0 Å². The van der Waals surface area contributed by atoms with Gasteiger partial charge in [0.05, 0.1) is 22.2 Å². The molecule has 0 unspecified atom stereocenters. The average Bonchev–Trinajstić information content (AvgIpc) is 3.39. The maximum atomic E-state index is 13.0. The van der Waals surface area contributed by atoms with Crippen molar-refractivity contribution in [1.29, 1.82) is 0 Å². The first-order valence-corrected chi connectivity index (χ1v) is 10.4. The first kappa shape index (κ1) is 18.5. The molecule has 32 heavy (non-hydrogen) atoms. The highest BCUT2D eigenvalue weighted by Gasteiger charge is 2.36. The number of para-hydroxylation sites is 2. The van der Waals surface area contributed by atoms with Crippen LogP contribution in [-0.4, -0.2) is 27.5 Å². The van der Waals surface area contributed by atoms with Crippen molar-refractivity contribution in [2.24, 2.45) is 12.2 Å². The molecular weight excluding hydrogens is 404 g/mol. The molecule has 0 bridgehead atoms. The molecule has 1 aliphatic rings. The van der Waals surface area contributed by atoms with Gasteiger partial charge in [-0.1, -0.05) is 41.5 Å². The van der Waals surface area contributed by atoms with Gasteiger partial charge in [-0.2, -0.15) is 0 Å². The number of aryl methyl sites for hydroxylation is 2. The van der Waals surface area contributed by atoms with Crippen molar-refractivity contribution >= 4 is 55.4 Å². The lowest BCUT2D eigenvalue weighted by atomic mass is 9.96. The summed E-state index contributed by atoms with van der Waals surface area (Å²) in [7, 11) is 1.99. The third-order valence-corrected chi connectivity index (χ3v) is 6.44. The number of hydrogen-bond acceptors (Lipinski definition) is 3. The predicted octanol–water partition coefficient (Wildman–Crippen LogP) is 5.02. The fourth-order valence-corrected chi connectivity index (χ4v) is 5.24. The van der Waals surface area contributed by atoms with Gasteiger partial charge in [0.1, 0.15) is 0 Å². The van der Waals surface area contributed by atoms with Crippen LogP contribution in [-0.2, 0) is 13.6 Å². The Morgan fingerprint density at radius 2 is 1.50 bits per heavy atom. The van der Waals surface area contributed by atoms with Crippen molar-refractivity contribution in [3.63, 3.8) is 0 Å². The van der Waals surface area contributed by atoms with Gasteiger partial charge in [-0.05, 0) is 24.1 Å². The number of carbonyl (C=O) groups is 2. The third kappa shape index (κ3) is 2.24. The summed E-state index contributed by atoms with van der Waals surface area (Å²) < 4.78 is 4.29. The van der Waals surface area contributed by atoms with E-state index in [-0.39, 0.29) is 11.8 Å². The standard InChI is InChI=1S/C24H18N6O2/c1-29-15-9-4-2-7-13(15)17-19-20(24(32)27-23(19)31)18-14-8-3-5-10-16(14)30(22(18)21(17)29)12-6-11-26-28-25/h2-5,7-10H,6,11-12H2,1H3,(H,27,31,32). The molecule has 0 radical (unpaired) electrons. The van der Waals surface area contributed by atoms with E-state index < -0.39 is 0 Å². The van der Waals surface area contributed by atoms with Gasteiger partial charge in [0.25, 0.3) is 11.8 Å². The summed E-state index contributed by atoms with van der Waals surface area (Å²) in [5, 5.41) is 9.67. The van der Waals surface area contributed by atoms with Crippen LogP contribution in [0.2, 0.25) is 0 Å². The number of nitrogens with zero attached hydrogens (tertiary/aromatic N) is 5. The van der Waals surface area contributed by atoms with E-state index in [9.17, 15) is 9.59 Å². The monoisotopic (exact) mass is 422 g/mol. The number of nitrogens with one attached hydrogen (secondary N) is 1. The smallest absolute Gasteiger partial charge is 0.259 e. The SMILES string of the molecule is Cn1c2ccccc2c2c3c(c4c5ccccc5n(CCCN=[N+]=[N-])c4c21)C(=O)NC3=O. The highest BCUT2D eigenvalue weighted by molar-refractivity contribution is 6.39. The Hall–Kier alpha value is -4.29. The van der Waals surface area contributed by atoms with E-state index >= 15 is 0 Å². The summed E-state index contributed by atoms with van der Waals surface area (Å²) in [5.41, 5.74) is 13.4. The molecule has 6 rings (SSSR count). The highest BCUT2D eigenvalue weighted by atomic mass is 16.2. The molecule has 0 saturated heterocycles. The molecule has 3 aromatic carbocycles. The number of amides is 2. The number of azide groups is 1. The number of carbonyl (C=O) groups excluding carboxylic acids is 2. The molecule has 2 amide bonds. The zero-order valence-corrected chi connectivity index (χ0v) is 17.3. The van der Waals surface area contributed by atoms with Crippen LogP contribution in [0.25, 0.3) is 54.1 Å². The van der Waals surface area contributed by atoms with Crippen molar-refractivity contribution < 1.29 is 9.59 Å². The fourth-order valence-electron chi connectivity index (χ4n) is 5.24. The van der Waals surface area contributed by atoms with Crippen molar-refractivity contribution in [1.82, 2.24) is 14.5 Å². The second-order valence-corrected chi connectivity index (χ2v) is 8.03. The van der Waals surface area contributed by atoms with Crippen LogP contribution in [0.15, 0.2) is 53.6 Å². The minimum atomic E-state index is -0.359. The molecule has 156 valence electrons. The Morgan fingerprint density at radius 1 is 0.906 bits per heavy atom. The minimum absolute atomic E-state index is 0.353. The van der Waals surface area contributed by atoms with Crippen LogP contribution in [0, 0.1) is 0 Å². The quantitative estimate of drug-likeness (QED) is 0.144. The van der Waals surface area contributed by atoms with E-state index in [0.29, 0.717) is 30.6 Å². The third-order valence-electron chi connectivity index (χ3n) is 6.44. The van der Waals surface area contributed by atoms with Gasteiger partial charge in [0.15, 0.2) is 0 Å². The molecule has 1 N–H and O–H groups in total. The number of benzene rings is 3. The Balaban J connectivity index is 1.88. The van der Waals surface area contributed by atoms with E-state index in [1.807, 2.05) is 55.6 Å². The van der Waals surface area contributed by atoms with Crippen LogP contribution >= 0.6 is 0 Å². The predicted molar refractivity (Wildman–Crippen MR) is 124 cm³/mol. The molecule has 8 heteroatoms. The molecule has 3 heterocycles. The lowest BCUT2D eigenvalue weighted by Gasteiger charge is -2.10. The zero-order chi connectivity index (χ0) is 22.0. The van der Waals surface area contributed by atoms with Crippen LogP contribution in [0.1, 0.15) is 27.1 Å². The summed E-state index contributed by atoms with van der Waals surface area (Å²) in [4.78, 5) is 28.9. The van der Waals surface area contributed by atoms with Gasteiger partial charge in [-0.15, -0.1) is 0 Å². The summed E-state index contributed by atoms with van der Waals surface area (Å²) in [5.74, 6) is -0.713. The second kappa shape index (κ2) is 6.60. The van der Waals surface area contributed by atoms with Gasteiger partial charge < -0.3 is 9.13 Å². The van der Waals surface area contributed by atoms with Crippen LogP contribution < -0.4 is 5.32 Å². The van der Waals surface area contributed by atoms with E-state index in [4.69, 9.17) is 5.53 Å². The molecule has 1 aliphatic heterocycles. The molecule has 5 aromatic rings. The number of imide groups is 1. The van der Waals surface area contributed by atoms with Gasteiger partial charge >= 0.3 is 0 Å². The summed E-state index contributed by atoms with van der Waals surface area (Å²) >= 11 is 0. The van der Waals surface area contributed by atoms with Crippen molar-refractivity contribution in [2.45, 2.75) is 13.0 Å². The maximum Gasteiger partial charge on any atom is 0.259 e. The normalized spacial score (nSPS) is 13.3. The second-order valence-electron chi connectivity index (χ2n) is 8.03. The zero-order valence-electron chi connectivity index (χ0n) is 17.3. The Morgan fingerprint density at radius 3 is 2.19 bits per heavy atom. The van der Waals surface area contributed by atoms with Crippen molar-refractivity contribution in [3.05, 3.63) is 70.1 Å². The average molecular weight is 422 g/mol. The molecule has 0 spiro atoms. The van der Waals surface area contributed by atoms with Crippen LogP contribution in [0.4, 0.5) is 0 Å². The van der Waals surface area contributed by atoms with E-state index in [1.54, 1.807) is 0 Å². The molecular formula is C24H18N6O2. The van der Waals surface area contributed by atoms with Gasteiger partial charge in [0.2, 0.25) is 0 Å². The number of rotatable bonds is 4. The lowest BCUT2D eigenvalue weighted by Crippen LogP contribution is -2.20. The molecule has 0 saturated carbocycles. The van der Waals surface area contributed by atoms with E-state index in [2.05, 4.69) is 24.5 Å². The van der Waals surface area contributed by atoms with Crippen LogP contribution in [0.3, 0.4) is 0 Å².